The lowest BCUT2D eigenvalue weighted by molar-refractivity contribution is -0.110. The summed E-state index contributed by atoms with van der Waals surface area (Å²) in [6.45, 7) is 12.9. The standard InChI is InChI=1S/C39H38Cl2N6O2.C3H9N/c1-4-47(26(3)28-12-14-29(40)15-13-28)37(25(2)27-9-6-5-7-10-27)35-32-17-16-30(41)23-34(32)44-36(35)39(49)45-33-11-8-20-42-38(33)46-21-18-31(19-22-46)43-24-48;1-3-4-2/h4-17,20,23-24,26,31,44H,1,18-19,21-22H2,2-3H3,(H,43,48)(H,45,49);4H,3H2,1-2H3/b37-25+;. The van der Waals surface area contributed by atoms with Gasteiger partial charge in [-0.3, -0.25) is 9.59 Å². The fraction of sp³-hybridized carbons (Fsp3) is 0.262. The monoisotopic (exact) mass is 751 g/mol. The molecule has 1 saturated heterocycles. The Balaban J connectivity index is 0.00000129. The number of piperidine rings is 1. The molecule has 1 fully saturated rings. The number of anilines is 2. The van der Waals surface area contributed by atoms with Crippen LogP contribution in [0.15, 0.2) is 104 Å². The van der Waals surface area contributed by atoms with Gasteiger partial charge in [0.1, 0.15) is 5.69 Å². The number of aromatic amines is 1. The Labute approximate surface area is 322 Å². The van der Waals surface area contributed by atoms with Crippen LogP contribution in [0.25, 0.3) is 22.2 Å². The van der Waals surface area contributed by atoms with E-state index in [0.29, 0.717) is 40.3 Å². The summed E-state index contributed by atoms with van der Waals surface area (Å²) < 4.78 is 0. The summed E-state index contributed by atoms with van der Waals surface area (Å²) in [5, 5.41) is 11.0. The van der Waals surface area contributed by atoms with E-state index in [1.165, 1.54) is 0 Å². The number of carbonyl (C=O) groups excluding carboxylic acids is 2. The Morgan fingerprint density at radius 1 is 1.04 bits per heavy atom. The molecule has 3 heterocycles. The van der Waals surface area contributed by atoms with Gasteiger partial charge in [-0.1, -0.05) is 85.2 Å². The first kappa shape index (κ1) is 39.1. The zero-order valence-corrected chi connectivity index (χ0v) is 32.1. The molecule has 0 saturated carbocycles. The number of hydrogen-bond donors (Lipinski definition) is 4. The molecule has 0 radical (unpaired) electrons. The zero-order chi connectivity index (χ0) is 37.9. The molecule has 0 bridgehead atoms. The van der Waals surface area contributed by atoms with Gasteiger partial charge in [-0.15, -0.1) is 0 Å². The fourth-order valence-corrected chi connectivity index (χ4v) is 6.85. The van der Waals surface area contributed by atoms with Crippen molar-refractivity contribution in [2.75, 3.05) is 36.9 Å². The van der Waals surface area contributed by atoms with Crippen molar-refractivity contribution in [3.63, 3.8) is 0 Å². The van der Waals surface area contributed by atoms with E-state index < -0.39 is 0 Å². The number of rotatable bonds is 12. The van der Waals surface area contributed by atoms with Crippen LogP contribution in [0.3, 0.4) is 0 Å². The number of allylic oxidation sites excluding steroid dienone is 1. The maximum absolute atomic E-state index is 14.6. The Hall–Kier alpha value is -5.09. The molecule has 2 amide bonds. The number of pyridine rings is 1. The third-order valence-corrected chi connectivity index (χ3v) is 9.98. The second-order valence-corrected chi connectivity index (χ2v) is 13.7. The van der Waals surface area contributed by atoms with E-state index in [-0.39, 0.29) is 18.0 Å². The van der Waals surface area contributed by atoms with Crippen molar-refractivity contribution in [1.29, 1.82) is 0 Å². The van der Waals surface area contributed by atoms with Gasteiger partial charge in [0.15, 0.2) is 5.82 Å². The highest BCUT2D eigenvalue weighted by atomic mass is 35.5. The van der Waals surface area contributed by atoms with Crippen molar-refractivity contribution in [3.8, 4) is 0 Å². The number of H-pyrrole nitrogens is 1. The van der Waals surface area contributed by atoms with Gasteiger partial charge in [0, 0.05) is 51.8 Å². The Morgan fingerprint density at radius 2 is 1.72 bits per heavy atom. The summed E-state index contributed by atoms with van der Waals surface area (Å²) in [6, 6.07) is 27.1. The molecular formula is C42H47Cl2N7O2. The third-order valence-electron chi connectivity index (χ3n) is 9.50. The highest BCUT2D eigenvalue weighted by Gasteiger charge is 2.29. The largest absolute Gasteiger partial charge is 0.356 e. The van der Waals surface area contributed by atoms with E-state index >= 15 is 0 Å². The van der Waals surface area contributed by atoms with Gasteiger partial charge in [-0.05, 0) is 99.6 Å². The molecule has 1 aliphatic rings. The number of nitrogens with zero attached hydrogens (tertiary/aromatic N) is 3. The Kier molecular flexibility index (Phi) is 13.7. The minimum atomic E-state index is -0.324. The predicted molar refractivity (Wildman–Crippen MR) is 220 cm³/mol. The van der Waals surface area contributed by atoms with Crippen molar-refractivity contribution in [3.05, 3.63) is 136 Å². The van der Waals surface area contributed by atoms with E-state index in [2.05, 4.69) is 75.2 Å². The number of benzene rings is 3. The smallest absolute Gasteiger partial charge is 0.272 e. The van der Waals surface area contributed by atoms with Gasteiger partial charge < -0.3 is 30.7 Å². The molecule has 6 rings (SSSR count). The van der Waals surface area contributed by atoms with E-state index in [1.807, 2.05) is 79.8 Å². The molecule has 0 aliphatic carbocycles. The summed E-state index contributed by atoms with van der Waals surface area (Å²) in [5.41, 5.74) is 6.23. The molecule has 1 atom stereocenters. The van der Waals surface area contributed by atoms with Crippen LogP contribution in [-0.4, -0.2) is 59.9 Å². The van der Waals surface area contributed by atoms with Crippen LogP contribution in [0.5, 0.6) is 0 Å². The molecule has 4 N–H and O–H groups in total. The number of nitrogens with one attached hydrogen (secondary N) is 4. The number of fused-ring (bicyclic) bond motifs is 1. The lowest BCUT2D eigenvalue weighted by atomic mass is 9.95. The second-order valence-electron chi connectivity index (χ2n) is 12.8. The summed E-state index contributed by atoms with van der Waals surface area (Å²) in [7, 11) is 1.93. The van der Waals surface area contributed by atoms with E-state index in [9.17, 15) is 9.59 Å². The number of aromatic nitrogens is 2. The van der Waals surface area contributed by atoms with Crippen LogP contribution in [0.4, 0.5) is 11.5 Å². The first-order chi connectivity index (χ1) is 25.7. The van der Waals surface area contributed by atoms with Gasteiger partial charge in [-0.2, -0.15) is 0 Å². The number of amides is 2. The molecule has 2 aromatic heterocycles. The number of carbonyl (C=O) groups is 2. The number of hydrogen-bond acceptors (Lipinski definition) is 6. The Morgan fingerprint density at radius 3 is 2.36 bits per heavy atom. The molecular weight excluding hydrogens is 705 g/mol. The average molecular weight is 753 g/mol. The van der Waals surface area contributed by atoms with E-state index in [1.54, 1.807) is 12.4 Å². The molecule has 276 valence electrons. The van der Waals surface area contributed by atoms with Crippen molar-refractivity contribution in [2.24, 2.45) is 0 Å². The highest BCUT2D eigenvalue weighted by Crippen LogP contribution is 2.41. The van der Waals surface area contributed by atoms with Crippen molar-refractivity contribution in [1.82, 2.24) is 25.5 Å². The van der Waals surface area contributed by atoms with Crippen LogP contribution in [0.2, 0.25) is 10.0 Å². The molecule has 1 aliphatic heterocycles. The van der Waals surface area contributed by atoms with Crippen molar-refractivity contribution in [2.45, 2.75) is 45.7 Å². The molecule has 5 aromatic rings. The lowest BCUT2D eigenvalue weighted by Gasteiger charge is -2.33. The fourth-order valence-electron chi connectivity index (χ4n) is 6.55. The first-order valence-corrected chi connectivity index (χ1v) is 18.6. The minimum Gasteiger partial charge on any atom is -0.356 e. The van der Waals surface area contributed by atoms with E-state index in [0.717, 1.165) is 64.7 Å². The summed E-state index contributed by atoms with van der Waals surface area (Å²) in [4.78, 5) is 37.9. The minimum absolute atomic E-state index is 0.123. The third kappa shape index (κ3) is 9.29. The molecule has 0 spiro atoms. The van der Waals surface area contributed by atoms with Crippen LogP contribution in [0.1, 0.15) is 66.8 Å². The quantitative estimate of drug-likeness (QED) is 0.0949. The lowest BCUT2D eigenvalue weighted by Crippen LogP contribution is -2.42. The molecule has 53 heavy (non-hydrogen) atoms. The molecule has 11 heteroatoms. The summed E-state index contributed by atoms with van der Waals surface area (Å²) in [6.07, 6.45) is 5.85. The summed E-state index contributed by atoms with van der Waals surface area (Å²) >= 11 is 12.7. The van der Waals surface area contributed by atoms with Gasteiger partial charge in [0.2, 0.25) is 6.41 Å². The summed E-state index contributed by atoms with van der Waals surface area (Å²) in [5.74, 6) is 0.358. The molecule has 1 unspecified atom stereocenters. The normalized spacial score (nSPS) is 14.0. The predicted octanol–water partition coefficient (Wildman–Crippen LogP) is 9.16. The van der Waals surface area contributed by atoms with Gasteiger partial charge in [-0.25, -0.2) is 4.98 Å². The molecule has 3 aromatic carbocycles. The first-order valence-electron chi connectivity index (χ1n) is 17.8. The van der Waals surface area contributed by atoms with Crippen molar-refractivity contribution < 1.29 is 9.59 Å². The maximum Gasteiger partial charge on any atom is 0.272 e. The Bertz CT molecular complexity index is 2040. The highest BCUT2D eigenvalue weighted by molar-refractivity contribution is 6.31. The number of halogens is 2. The second kappa shape index (κ2) is 18.6. The van der Waals surface area contributed by atoms with Crippen LogP contribution >= 0.6 is 23.2 Å². The van der Waals surface area contributed by atoms with Gasteiger partial charge in [0.25, 0.3) is 5.91 Å². The van der Waals surface area contributed by atoms with Crippen LogP contribution < -0.4 is 20.9 Å². The zero-order valence-electron chi connectivity index (χ0n) is 30.6. The topological polar surface area (TPSA) is 105 Å². The average Bonchev–Trinajstić information content (AvgIpc) is 3.56. The van der Waals surface area contributed by atoms with Gasteiger partial charge >= 0.3 is 0 Å². The van der Waals surface area contributed by atoms with Crippen LogP contribution in [-0.2, 0) is 4.79 Å². The SMILES string of the molecule is C=CN(/C(=C(\C)c1ccccc1)c1c(C(=O)Nc2cccnc2N2CCC(NC=O)CC2)[nH]c2cc(Cl)ccc12)C(C)c1ccc(Cl)cc1.CCNC. The van der Waals surface area contributed by atoms with Crippen LogP contribution in [0, 0.1) is 0 Å². The van der Waals surface area contributed by atoms with E-state index in [4.69, 9.17) is 23.2 Å². The molecule has 9 nitrogen and oxygen atoms in total. The van der Waals surface area contributed by atoms with Crippen molar-refractivity contribution >= 4 is 69.2 Å². The van der Waals surface area contributed by atoms with Gasteiger partial charge in [0.05, 0.1) is 17.4 Å². The maximum atomic E-state index is 14.6.